The molecule has 101 heavy (non-hydrogen) atoms. The predicted octanol–water partition coefficient (Wildman–Crippen LogP) is 10.8. The number of alkyl halides is 1. The number of halogens is 2. The average molecular weight is 1410 g/mol. The lowest BCUT2D eigenvalue weighted by Gasteiger charge is -2.48. The molecule has 25 heteroatoms. The van der Waals surface area contributed by atoms with Gasteiger partial charge in [0.1, 0.15) is 35.8 Å². The number of aromatic nitrogens is 4. The minimum absolute atomic E-state index is 0.00143. The van der Waals surface area contributed by atoms with Crippen LogP contribution in [0.4, 0.5) is 26.0 Å². The van der Waals surface area contributed by atoms with E-state index in [4.69, 9.17) is 28.9 Å². The molecule has 6 aromatic rings. The Morgan fingerprint density at radius 1 is 0.772 bits per heavy atom. The Kier molecular flexibility index (Phi) is 22.3. The summed E-state index contributed by atoms with van der Waals surface area (Å²) in [6.45, 7) is 22.3. The largest absolute Gasteiger partial charge is 0.491 e. The lowest BCUT2D eigenvalue weighted by Crippen LogP contribution is -2.58. The number of nitrogens with one attached hydrogen (secondary N) is 4. The van der Waals surface area contributed by atoms with Crippen molar-refractivity contribution >= 4 is 75.0 Å². The molecule has 3 saturated heterocycles. The van der Waals surface area contributed by atoms with Crippen LogP contribution in [0.3, 0.4) is 0 Å². The standard InChI is InChI=1S/C76H98F2N12O10S/c1-46(2)82-69(92)55-41-59(57(77)36-48(55)5)84-68-65-60(80-44-89(65)47(3)4)42-58(83-68)50-17-18-56-62(37-50)90(54-39-53(40-54)86-24-11-10-12-25-86)73(96)75(56)22-27-87(28-23-75)64(91)19-29-97-30-31-98-32-33-99-34-35-100-63-38-51(66-49(6)81-45-101-66)15-16-52(63)43-79-70(93)61-14-13-26-88(61)71(94)67(74(7,8)9)85-72(95)76(78)20-21-76/h15-18,36-38,41-42,44-47,53-54,61,67H,10-14,19-35,39-40,43H2,1-9H3,(H,79,93)(H,82,92)(H,83,84)(H,85,95)/t53-,54+,61-,67+/m1/s1. The van der Waals surface area contributed by atoms with Crippen LogP contribution in [-0.4, -0.2) is 185 Å². The molecule has 6 aliphatic rings. The van der Waals surface area contributed by atoms with E-state index in [1.54, 1.807) is 18.8 Å². The van der Waals surface area contributed by atoms with Crippen molar-refractivity contribution in [3.63, 3.8) is 0 Å². The van der Waals surface area contributed by atoms with Crippen LogP contribution in [0.2, 0.25) is 0 Å². The van der Waals surface area contributed by atoms with Crippen molar-refractivity contribution in [2.24, 2.45) is 5.41 Å². The molecule has 7 heterocycles. The number of amides is 6. The summed E-state index contributed by atoms with van der Waals surface area (Å²) in [5.74, 6) is -1.35. The summed E-state index contributed by atoms with van der Waals surface area (Å²) >= 11 is 1.52. The second-order valence-electron chi connectivity index (χ2n) is 29.8. The fourth-order valence-electron chi connectivity index (χ4n) is 14.9. The number of nitrogens with zero attached hydrogens (tertiary/aromatic N) is 8. The maximum absolute atomic E-state index is 16.0. The molecule has 542 valence electrons. The molecule has 2 saturated carbocycles. The van der Waals surface area contributed by atoms with E-state index >= 15 is 9.18 Å². The van der Waals surface area contributed by atoms with Gasteiger partial charge in [-0.1, -0.05) is 51.5 Å². The SMILES string of the molecule is Cc1cc(F)c(Nc2nc(-c3ccc4c(c3)N([C@H]3C[C@@H](N5CCCCC5)C3)C(=O)C43CCN(C(=O)CCOCCOCCOCCOc4cc(-c5scnc5C)ccc4CNC(=O)[C@H]4CCCN4C(=O)[C@H](NC(=O)C4(F)CC4)C(C)(C)C)CC3)cc3ncn(C(C)C)c23)cc1C(=O)NC(C)C. The van der Waals surface area contributed by atoms with E-state index < -0.39 is 46.2 Å². The van der Waals surface area contributed by atoms with Crippen LogP contribution >= 0.6 is 11.3 Å². The van der Waals surface area contributed by atoms with Crippen molar-refractivity contribution in [3.8, 4) is 27.4 Å². The first-order valence-electron chi connectivity index (χ1n) is 36.1. The van der Waals surface area contributed by atoms with Crippen molar-refractivity contribution in [2.45, 2.75) is 193 Å². The number of fused-ring (bicyclic) bond motifs is 3. The monoisotopic (exact) mass is 1410 g/mol. The smallest absolute Gasteiger partial charge is 0.258 e. The van der Waals surface area contributed by atoms with Crippen LogP contribution in [0.25, 0.3) is 32.7 Å². The molecule has 3 aromatic heterocycles. The Balaban J connectivity index is 0.619. The Morgan fingerprint density at radius 2 is 1.48 bits per heavy atom. The minimum atomic E-state index is -1.94. The lowest BCUT2D eigenvalue weighted by molar-refractivity contribution is -0.144. The molecule has 2 atom stereocenters. The third kappa shape index (κ3) is 16.0. The van der Waals surface area contributed by atoms with Crippen LogP contribution in [0.15, 0.2) is 66.4 Å². The summed E-state index contributed by atoms with van der Waals surface area (Å²) < 4.78 is 56.5. The average Bonchev–Trinajstić information content (AvgIpc) is 1.56. The topological polar surface area (TPSA) is 244 Å². The zero-order valence-corrected chi connectivity index (χ0v) is 60.6. The van der Waals surface area contributed by atoms with E-state index in [1.165, 1.54) is 47.6 Å². The Bertz CT molecular complexity index is 4030. The molecular formula is C76H98F2N12O10S. The third-order valence-electron chi connectivity index (χ3n) is 20.9. The van der Waals surface area contributed by atoms with Crippen molar-refractivity contribution in [1.82, 2.24) is 50.2 Å². The molecule has 22 nitrogen and oxygen atoms in total. The highest BCUT2D eigenvalue weighted by Gasteiger charge is 2.57. The number of carbonyl (C=O) groups excluding carboxylic acids is 6. The summed E-state index contributed by atoms with van der Waals surface area (Å²) in [4.78, 5) is 106. The second-order valence-corrected chi connectivity index (χ2v) is 30.6. The van der Waals surface area contributed by atoms with E-state index in [0.717, 1.165) is 64.4 Å². The van der Waals surface area contributed by atoms with Gasteiger partial charge in [-0.3, -0.25) is 28.8 Å². The number of imidazole rings is 1. The van der Waals surface area contributed by atoms with Crippen molar-refractivity contribution in [3.05, 3.63) is 100 Å². The molecular weight excluding hydrogens is 1310 g/mol. The van der Waals surface area contributed by atoms with Gasteiger partial charge in [-0.25, -0.2) is 23.7 Å². The molecule has 2 aliphatic carbocycles. The Labute approximate surface area is 594 Å². The van der Waals surface area contributed by atoms with Gasteiger partial charge in [0.25, 0.3) is 11.8 Å². The van der Waals surface area contributed by atoms with Gasteiger partial charge in [-0.05, 0) is 171 Å². The summed E-state index contributed by atoms with van der Waals surface area (Å²) in [6, 6.07) is 15.4. The maximum atomic E-state index is 16.0. The fraction of sp³-hybridized carbons (Fsp3) is 0.566. The zero-order valence-electron chi connectivity index (χ0n) is 59.8. The first kappa shape index (κ1) is 72.8. The van der Waals surface area contributed by atoms with Gasteiger partial charge >= 0.3 is 0 Å². The van der Waals surface area contributed by atoms with Crippen molar-refractivity contribution in [1.29, 1.82) is 0 Å². The molecule has 3 aromatic carbocycles. The van der Waals surface area contributed by atoms with Gasteiger partial charge in [-0.2, -0.15) is 0 Å². The molecule has 0 radical (unpaired) electrons. The number of hydrogen-bond donors (Lipinski definition) is 4. The van der Waals surface area contributed by atoms with Crippen molar-refractivity contribution in [2.75, 3.05) is 89.2 Å². The highest BCUT2D eigenvalue weighted by atomic mass is 32.1. The number of likely N-dealkylation sites (tertiary alicyclic amines) is 3. The summed E-state index contributed by atoms with van der Waals surface area (Å²) in [5.41, 5.74) is 6.34. The second kappa shape index (κ2) is 30.9. The van der Waals surface area contributed by atoms with Gasteiger partial charge < -0.3 is 64.4 Å². The number of rotatable bonds is 28. The third-order valence-corrected chi connectivity index (χ3v) is 21.9. The van der Waals surface area contributed by atoms with Gasteiger partial charge in [-0.15, -0.1) is 11.3 Å². The molecule has 12 rings (SSSR count). The summed E-state index contributed by atoms with van der Waals surface area (Å²) in [5, 5.41) is 11.9. The number of hydrogen-bond acceptors (Lipinski definition) is 16. The molecule has 1 spiro atoms. The van der Waals surface area contributed by atoms with E-state index in [0.29, 0.717) is 111 Å². The quantitative estimate of drug-likeness (QED) is 0.0334. The Morgan fingerprint density at radius 3 is 2.15 bits per heavy atom. The summed E-state index contributed by atoms with van der Waals surface area (Å²) in [7, 11) is 0. The molecule has 6 amide bonds. The van der Waals surface area contributed by atoms with Gasteiger partial charge in [0.05, 0.1) is 90.8 Å². The number of anilines is 3. The van der Waals surface area contributed by atoms with E-state index in [2.05, 4.69) is 48.2 Å². The molecule has 0 unspecified atom stereocenters. The minimum Gasteiger partial charge on any atom is -0.491 e. The zero-order chi connectivity index (χ0) is 71.5. The number of piperidine rings is 2. The van der Waals surface area contributed by atoms with E-state index in [1.807, 2.05) is 95.2 Å². The highest BCUT2D eigenvalue weighted by Crippen LogP contribution is 2.53. The van der Waals surface area contributed by atoms with Crippen LogP contribution in [0.5, 0.6) is 5.75 Å². The van der Waals surface area contributed by atoms with Crippen LogP contribution in [0.1, 0.15) is 164 Å². The van der Waals surface area contributed by atoms with Crippen LogP contribution in [-0.2, 0) is 50.1 Å². The van der Waals surface area contributed by atoms with Gasteiger partial charge in [0, 0.05) is 72.7 Å². The van der Waals surface area contributed by atoms with Gasteiger partial charge in [0.2, 0.25) is 23.6 Å². The fourth-order valence-corrected chi connectivity index (χ4v) is 15.7. The van der Waals surface area contributed by atoms with Gasteiger partial charge in [0.15, 0.2) is 11.5 Å². The number of aryl methyl sites for hydroxylation is 2. The van der Waals surface area contributed by atoms with Crippen LogP contribution < -0.4 is 30.9 Å². The molecule has 0 bridgehead atoms. The lowest BCUT2D eigenvalue weighted by atomic mass is 9.73. The number of ether oxygens (including phenoxy) is 4. The maximum Gasteiger partial charge on any atom is 0.258 e. The predicted molar refractivity (Wildman–Crippen MR) is 383 cm³/mol. The molecule has 5 fully saturated rings. The normalized spacial score (nSPS) is 19.8. The van der Waals surface area contributed by atoms with Crippen molar-refractivity contribution < 1.29 is 56.5 Å². The first-order valence-corrected chi connectivity index (χ1v) is 37.0. The number of carbonyl (C=O) groups is 6. The van der Waals surface area contributed by atoms with Crippen LogP contribution in [0, 0.1) is 25.1 Å². The van der Waals surface area contributed by atoms with E-state index in [-0.39, 0.29) is 99.7 Å². The summed E-state index contributed by atoms with van der Waals surface area (Å²) in [6.07, 6.45) is 9.64. The molecule has 4 aliphatic heterocycles. The van der Waals surface area contributed by atoms with E-state index in [9.17, 15) is 28.4 Å². The first-order chi connectivity index (χ1) is 48.4. The highest BCUT2D eigenvalue weighted by molar-refractivity contribution is 7.13. The number of pyridine rings is 1. The number of benzene rings is 3. The molecule has 4 N–H and O–H groups in total. The Hall–Kier alpha value is -7.97. The number of thiazole rings is 1.